The highest BCUT2D eigenvalue weighted by atomic mass is 19.1. The number of rotatable bonds is 7. The zero-order valence-corrected chi connectivity index (χ0v) is 16.4. The molecule has 154 valence electrons. The molecule has 1 fully saturated rings. The van der Waals surface area contributed by atoms with Gasteiger partial charge in [-0.15, -0.1) is 0 Å². The molecule has 8 heteroatoms. The first-order chi connectivity index (χ1) is 13.9. The molecule has 0 unspecified atom stereocenters. The monoisotopic (exact) mass is 400 g/mol. The normalized spacial score (nSPS) is 14.6. The number of nitrogens with zero attached hydrogens (tertiary/aromatic N) is 3. The molecule has 1 amide bonds. The van der Waals surface area contributed by atoms with Crippen LogP contribution in [0.25, 0.3) is 0 Å². The summed E-state index contributed by atoms with van der Waals surface area (Å²) in [6, 6.07) is 11.1. The molecule has 1 aliphatic rings. The summed E-state index contributed by atoms with van der Waals surface area (Å²) in [6.45, 7) is 6.61. The van der Waals surface area contributed by atoms with E-state index in [0.29, 0.717) is 17.7 Å². The lowest BCUT2D eigenvalue weighted by molar-refractivity contribution is -0.385. The molecule has 1 heterocycles. The topological polar surface area (TPSA) is 78.7 Å². The van der Waals surface area contributed by atoms with Gasteiger partial charge >= 0.3 is 0 Å². The summed E-state index contributed by atoms with van der Waals surface area (Å²) in [5, 5.41) is 13.8. The Kier molecular flexibility index (Phi) is 6.77. The molecule has 0 radical (unpaired) electrons. The van der Waals surface area contributed by atoms with Crippen LogP contribution in [0.1, 0.15) is 22.3 Å². The third kappa shape index (κ3) is 5.51. The van der Waals surface area contributed by atoms with Gasteiger partial charge in [-0.2, -0.15) is 0 Å². The van der Waals surface area contributed by atoms with Gasteiger partial charge in [0.1, 0.15) is 5.82 Å². The van der Waals surface area contributed by atoms with E-state index in [1.807, 2.05) is 0 Å². The van der Waals surface area contributed by atoms with Crippen LogP contribution in [0, 0.1) is 22.9 Å². The van der Waals surface area contributed by atoms with E-state index in [4.69, 9.17) is 0 Å². The first-order valence-electron chi connectivity index (χ1n) is 9.70. The highest BCUT2D eigenvalue weighted by molar-refractivity contribution is 5.94. The van der Waals surface area contributed by atoms with Gasteiger partial charge in [-0.3, -0.25) is 19.8 Å². The van der Waals surface area contributed by atoms with Crippen LogP contribution in [0.2, 0.25) is 0 Å². The number of nitro benzene ring substituents is 1. The summed E-state index contributed by atoms with van der Waals surface area (Å²) in [4.78, 5) is 27.3. The second-order valence-electron chi connectivity index (χ2n) is 7.17. The Hall–Kier alpha value is -3.00. The number of carbonyl (C=O) groups is 1. The number of benzene rings is 2. The quantitative estimate of drug-likeness (QED) is 0.439. The Bertz CT molecular complexity index is 865. The number of halogens is 1. The minimum atomic E-state index is -0.475. The van der Waals surface area contributed by atoms with Gasteiger partial charge in [0.25, 0.3) is 11.6 Å². The van der Waals surface area contributed by atoms with Crippen LogP contribution in [0.3, 0.4) is 0 Å². The third-order valence-electron chi connectivity index (χ3n) is 5.17. The molecule has 7 nitrogen and oxygen atoms in total. The van der Waals surface area contributed by atoms with E-state index in [1.165, 1.54) is 18.2 Å². The van der Waals surface area contributed by atoms with Crippen LogP contribution >= 0.6 is 0 Å². The predicted molar refractivity (Wildman–Crippen MR) is 110 cm³/mol. The van der Waals surface area contributed by atoms with Crippen LogP contribution in [-0.2, 0) is 0 Å². The van der Waals surface area contributed by atoms with Crippen molar-refractivity contribution in [2.45, 2.75) is 13.3 Å². The van der Waals surface area contributed by atoms with Gasteiger partial charge in [0, 0.05) is 55.6 Å². The lowest BCUT2D eigenvalue weighted by Crippen LogP contribution is -2.47. The Morgan fingerprint density at radius 2 is 1.83 bits per heavy atom. The van der Waals surface area contributed by atoms with E-state index < -0.39 is 4.92 Å². The van der Waals surface area contributed by atoms with E-state index in [-0.39, 0.29) is 17.4 Å². The maximum atomic E-state index is 13.0. The first kappa shape index (κ1) is 20.7. The minimum absolute atomic E-state index is 0.0447. The average molecular weight is 400 g/mol. The van der Waals surface area contributed by atoms with Crippen molar-refractivity contribution in [2.24, 2.45) is 0 Å². The van der Waals surface area contributed by atoms with E-state index >= 15 is 0 Å². The number of aryl methyl sites for hydroxylation is 1. The summed E-state index contributed by atoms with van der Waals surface area (Å²) in [6.07, 6.45) is 0.802. The van der Waals surface area contributed by atoms with E-state index in [1.54, 1.807) is 31.2 Å². The lowest BCUT2D eigenvalue weighted by Gasteiger charge is -2.36. The molecule has 3 rings (SSSR count). The molecule has 2 aromatic rings. The Morgan fingerprint density at radius 1 is 1.14 bits per heavy atom. The maximum Gasteiger partial charge on any atom is 0.273 e. The van der Waals surface area contributed by atoms with Crippen molar-refractivity contribution in [1.29, 1.82) is 0 Å². The number of anilines is 1. The smallest absolute Gasteiger partial charge is 0.273 e. The van der Waals surface area contributed by atoms with Crippen LogP contribution in [-0.4, -0.2) is 55.0 Å². The van der Waals surface area contributed by atoms with Crippen molar-refractivity contribution in [3.63, 3.8) is 0 Å². The first-order valence-corrected chi connectivity index (χ1v) is 9.70. The van der Waals surface area contributed by atoms with E-state index in [0.717, 1.165) is 44.8 Å². The van der Waals surface area contributed by atoms with Crippen molar-refractivity contribution in [3.05, 3.63) is 69.5 Å². The standard InChI is InChI=1S/C21H25FN4O3/c1-16-3-4-17(15-20(16)26(28)29)21(27)23-9-2-10-24-11-13-25(14-12-24)19-7-5-18(22)6-8-19/h3-8,15H,2,9-14H2,1H3,(H,23,27). The molecule has 0 bridgehead atoms. The molecule has 0 saturated carbocycles. The molecule has 2 aromatic carbocycles. The minimum Gasteiger partial charge on any atom is -0.369 e. The molecule has 29 heavy (non-hydrogen) atoms. The molecule has 1 aliphatic heterocycles. The molecule has 1 saturated heterocycles. The highest BCUT2D eigenvalue weighted by Gasteiger charge is 2.17. The number of nitro groups is 1. The summed E-state index contributed by atoms with van der Waals surface area (Å²) in [5.74, 6) is -0.524. The largest absolute Gasteiger partial charge is 0.369 e. The van der Waals surface area contributed by atoms with Gasteiger partial charge in [0.2, 0.25) is 0 Å². The number of amides is 1. The highest BCUT2D eigenvalue weighted by Crippen LogP contribution is 2.19. The number of nitrogens with one attached hydrogen (secondary N) is 1. The summed E-state index contributed by atoms with van der Waals surface area (Å²) >= 11 is 0. The second kappa shape index (κ2) is 9.47. The van der Waals surface area contributed by atoms with Gasteiger partial charge in [-0.1, -0.05) is 6.07 Å². The number of piperazine rings is 1. The molecule has 0 spiro atoms. The second-order valence-corrected chi connectivity index (χ2v) is 7.17. The summed E-state index contributed by atoms with van der Waals surface area (Å²) < 4.78 is 13.0. The van der Waals surface area contributed by atoms with Crippen LogP contribution in [0.15, 0.2) is 42.5 Å². The fraction of sp³-hybridized carbons (Fsp3) is 0.381. The van der Waals surface area contributed by atoms with Crippen LogP contribution in [0.4, 0.5) is 15.8 Å². The van der Waals surface area contributed by atoms with Gasteiger partial charge < -0.3 is 10.2 Å². The molecule has 0 atom stereocenters. The fourth-order valence-corrected chi connectivity index (χ4v) is 3.44. The molecule has 0 aromatic heterocycles. The lowest BCUT2D eigenvalue weighted by atomic mass is 10.1. The van der Waals surface area contributed by atoms with Crippen LogP contribution < -0.4 is 10.2 Å². The SMILES string of the molecule is Cc1ccc(C(=O)NCCCN2CCN(c3ccc(F)cc3)CC2)cc1[N+](=O)[O-]. The van der Waals surface area contributed by atoms with Crippen LogP contribution in [0.5, 0.6) is 0 Å². The van der Waals surface area contributed by atoms with Crippen molar-refractivity contribution >= 4 is 17.3 Å². The Balaban J connectivity index is 1.39. The maximum absolute atomic E-state index is 13.0. The average Bonchev–Trinajstić information content (AvgIpc) is 2.72. The molecular weight excluding hydrogens is 375 g/mol. The van der Waals surface area contributed by atoms with Crippen molar-refractivity contribution < 1.29 is 14.1 Å². The zero-order chi connectivity index (χ0) is 20.8. The number of hydrogen-bond donors (Lipinski definition) is 1. The molecular formula is C21H25FN4O3. The molecule has 1 N–H and O–H groups in total. The number of hydrogen-bond acceptors (Lipinski definition) is 5. The van der Waals surface area contributed by atoms with Crippen molar-refractivity contribution in [1.82, 2.24) is 10.2 Å². The molecule has 0 aliphatic carbocycles. The van der Waals surface area contributed by atoms with Crippen molar-refractivity contribution in [2.75, 3.05) is 44.2 Å². The van der Waals surface area contributed by atoms with Gasteiger partial charge in [0.05, 0.1) is 4.92 Å². The number of carbonyl (C=O) groups excluding carboxylic acids is 1. The fourth-order valence-electron chi connectivity index (χ4n) is 3.44. The van der Waals surface area contributed by atoms with Crippen molar-refractivity contribution in [3.8, 4) is 0 Å². The van der Waals surface area contributed by atoms with E-state index in [2.05, 4.69) is 15.1 Å². The van der Waals surface area contributed by atoms with Gasteiger partial charge in [-0.05, 0) is 50.2 Å². The third-order valence-corrected chi connectivity index (χ3v) is 5.17. The Morgan fingerprint density at radius 3 is 2.48 bits per heavy atom. The van der Waals surface area contributed by atoms with Gasteiger partial charge in [0.15, 0.2) is 0 Å². The summed E-state index contributed by atoms with van der Waals surface area (Å²) in [7, 11) is 0. The Labute approximate surface area is 169 Å². The van der Waals surface area contributed by atoms with E-state index in [9.17, 15) is 19.3 Å². The van der Waals surface area contributed by atoms with Gasteiger partial charge in [-0.25, -0.2) is 4.39 Å². The zero-order valence-electron chi connectivity index (χ0n) is 16.4. The summed E-state index contributed by atoms with van der Waals surface area (Å²) in [5.41, 5.74) is 1.82. The predicted octanol–water partition coefficient (Wildman–Crippen LogP) is 2.98.